The topological polar surface area (TPSA) is 73.1 Å². The summed E-state index contributed by atoms with van der Waals surface area (Å²) in [5, 5.41) is 20.9. The van der Waals surface area contributed by atoms with E-state index < -0.39 is 12.2 Å². The van der Waals surface area contributed by atoms with Gasteiger partial charge in [0.15, 0.2) is 5.17 Å². The summed E-state index contributed by atoms with van der Waals surface area (Å²) in [5.74, 6) is 0.443. The minimum atomic E-state index is -0.786. The molecule has 0 heterocycles. The summed E-state index contributed by atoms with van der Waals surface area (Å²) in [6.45, 7) is 4.73. The Morgan fingerprint density at radius 2 is 1.88 bits per heavy atom. The minimum Gasteiger partial charge on any atom is -0.393 e. The molecule has 0 saturated heterocycles. The van der Waals surface area contributed by atoms with Gasteiger partial charge in [0.25, 0.3) is 0 Å². The maximum absolute atomic E-state index is 11.4. The summed E-state index contributed by atoms with van der Waals surface area (Å²) in [4.78, 5) is 17.9. The smallest absolute Gasteiger partial charge is 0.163 e. The molecule has 0 saturated carbocycles. The predicted octanol–water partition coefficient (Wildman–Crippen LogP) is 3.10. The van der Waals surface area contributed by atoms with E-state index in [1.807, 2.05) is 30.3 Å². The molecule has 0 aromatic heterocycles. The van der Waals surface area contributed by atoms with Crippen LogP contribution in [-0.4, -0.2) is 52.7 Å². The molecule has 0 amide bonds. The van der Waals surface area contributed by atoms with Gasteiger partial charge in [-0.25, -0.2) is 0 Å². The molecule has 5 nitrogen and oxygen atoms in total. The van der Waals surface area contributed by atoms with Gasteiger partial charge in [0.05, 0.1) is 12.2 Å². The lowest BCUT2D eigenvalue weighted by atomic mass is 10.1. The number of Topliss-reactive ketones (excluding diaryl/α,β-unsaturated/α-hetero) is 1. The van der Waals surface area contributed by atoms with Crippen molar-refractivity contribution in [3.63, 3.8) is 0 Å². The van der Waals surface area contributed by atoms with Gasteiger partial charge in [0.2, 0.25) is 0 Å². The van der Waals surface area contributed by atoms with Crippen LogP contribution in [-0.2, 0) is 4.79 Å². The van der Waals surface area contributed by atoms with Crippen LogP contribution in [0.5, 0.6) is 0 Å². The zero-order chi connectivity index (χ0) is 18.7. The first kappa shape index (κ1) is 21.7. The van der Waals surface area contributed by atoms with Crippen molar-refractivity contribution in [1.82, 2.24) is 0 Å². The molecular weight excluding hydrogens is 336 g/mol. The first-order valence-electron chi connectivity index (χ1n) is 8.81. The highest BCUT2D eigenvalue weighted by molar-refractivity contribution is 8.14. The molecule has 0 fully saturated rings. The second kappa shape index (κ2) is 12.1. The van der Waals surface area contributed by atoms with Gasteiger partial charge < -0.3 is 15.1 Å². The molecule has 1 rings (SSSR count). The van der Waals surface area contributed by atoms with E-state index in [1.54, 1.807) is 14.0 Å². The number of nitrogens with zero attached hydrogens (tertiary/aromatic N) is 2. The van der Waals surface area contributed by atoms with E-state index in [0.717, 1.165) is 23.8 Å². The molecular formula is C19H30N2O3S. The van der Waals surface area contributed by atoms with Crippen molar-refractivity contribution in [2.24, 2.45) is 4.99 Å². The summed E-state index contributed by atoms with van der Waals surface area (Å²) in [5.41, 5.74) is 1.07. The molecule has 0 aliphatic carbocycles. The number of carbonyl (C=O) groups excluding carboxylic acids is 1. The number of benzene rings is 1. The quantitative estimate of drug-likeness (QED) is 0.492. The monoisotopic (exact) mass is 366 g/mol. The molecule has 25 heavy (non-hydrogen) atoms. The number of thioether (sulfide) groups is 1. The van der Waals surface area contributed by atoms with Gasteiger partial charge in [-0.3, -0.25) is 9.79 Å². The fraction of sp³-hybridized carbons (Fsp3) is 0.579. The zero-order valence-electron chi connectivity index (χ0n) is 15.4. The second-order valence-corrected chi connectivity index (χ2v) is 6.93. The maximum Gasteiger partial charge on any atom is 0.163 e. The average Bonchev–Trinajstić information content (AvgIpc) is 2.61. The summed E-state index contributed by atoms with van der Waals surface area (Å²) in [6.07, 6.45) is 0.242. The molecule has 2 unspecified atom stereocenters. The highest BCUT2D eigenvalue weighted by Crippen LogP contribution is 2.21. The van der Waals surface area contributed by atoms with Crippen LogP contribution in [0.2, 0.25) is 0 Å². The number of hydrogen-bond donors (Lipinski definition) is 2. The van der Waals surface area contributed by atoms with E-state index >= 15 is 0 Å². The van der Waals surface area contributed by atoms with Gasteiger partial charge in [-0.1, -0.05) is 43.8 Å². The summed E-state index contributed by atoms with van der Waals surface area (Å²) in [6, 6.07) is 10.0. The number of aliphatic hydroxyl groups is 2. The molecule has 0 bridgehead atoms. The Kier molecular flexibility index (Phi) is 10.5. The molecule has 1 aromatic carbocycles. The minimum absolute atomic E-state index is 0.0151. The Morgan fingerprint density at radius 1 is 1.20 bits per heavy atom. The Bertz CT molecular complexity index is 537. The summed E-state index contributed by atoms with van der Waals surface area (Å²) in [7, 11) is 1.75. The number of anilines is 1. The van der Waals surface area contributed by atoms with Crippen LogP contribution >= 0.6 is 11.8 Å². The Hall–Kier alpha value is -1.37. The third-order valence-electron chi connectivity index (χ3n) is 3.74. The van der Waals surface area contributed by atoms with Crippen LogP contribution in [0.3, 0.4) is 0 Å². The van der Waals surface area contributed by atoms with Gasteiger partial charge in [-0.05, 0) is 18.6 Å². The molecule has 0 spiro atoms. The molecule has 0 aliphatic heterocycles. The zero-order valence-corrected chi connectivity index (χ0v) is 16.2. The van der Waals surface area contributed by atoms with Crippen molar-refractivity contribution >= 4 is 28.4 Å². The Labute approximate surface area is 155 Å². The Balaban J connectivity index is 2.60. The molecule has 140 valence electrons. The third kappa shape index (κ3) is 8.03. The maximum atomic E-state index is 11.4. The van der Waals surface area contributed by atoms with Gasteiger partial charge in [-0.2, -0.15) is 0 Å². The van der Waals surface area contributed by atoms with Crippen molar-refractivity contribution in [1.29, 1.82) is 0 Å². The van der Waals surface area contributed by atoms with E-state index in [4.69, 9.17) is 0 Å². The molecule has 0 aliphatic rings. The first-order valence-corrected chi connectivity index (χ1v) is 9.80. The van der Waals surface area contributed by atoms with Crippen molar-refractivity contribution < 1.29 is 15.0 Å². The molecule has 0 radical (unpaired) electrons. The average molecular weight is 367 g/mol. The number of para-hydroxylation sites is 1. The second-order valence-electron chi connectivity index (χ2n) is 5.94. The van der Waals surface area contributed by atoms with E-state index in [-0.39, 0.29) is 18.6 Å². The molecule has 2 atom stereocenters. The summed E-state index contributed by atoms with van der Waals surface area (Å²) >= 11 is 1.47. The number of aliphatic imine (C=N–C) groups is 1. The third-order valence-corrected chi connectivity index (χ3v) is 4.96. The van der Waals surface area contributed by atoms with E-state index in [9.17, 15) is 15.0 Å². The number of amidine groups is 1. The van der Waals surface area contributed by atoms with Crippen LogP contribution < -0.4 is 4.90 Å². The van der Waals surface area contributed by atoms with Gasteiger partial charge in [0, 0.05) is 44.3 Å². The van der Waals surface area contributed by atoms with Crippen molar-refractivity contribution in [2.45, 2.75) is 51.7 Å². The fourth-order valence-electron chi connectivity index (χ4n) is 2.47. The standard InChI is InChI=1S/C19H30N2O3S/c1-4-11-21(15-9-7-6-8-10-15)19(20-3)25-14-18(24)13-17(23)12-16(22)5-2/h6-10,17-18,23-24H,4-5,11-14H2,1-3H3. The van der Waals surface area contributed by atoms with Gasteiger partial charge in [-0.15, -0.1) is 0 Å². The lowest BCUT2D eigenvalue weighted by Gasteiger charge is -2.26. The normalized spacial score (nSPS) is 14.2. The predicted molar refractivity (Wildman–Crippen MR) is 106 cm³/mol. The first-order chi connectivity index (χ1) is 12.0. The fourth-order valence-corrected chi connectivity index (χ4v) is 3.43. The Morgan fingerprint density at radius 3 is 2.44 bits per heavy atom. The van der Waals surface area contributed by atoms with Crippen molar-refractivity contribution in [2.75, 3.05) is 24.2 Å². The van der Waals surface area contributed by atoms with Crippen LogP contribution in [0.25, 0.3) is 0 Å². The molecule has 1 aromatic rings. The lowest BCUT2D eigenvalue weighted by molar-refractivity contribution is -0.120. The molecule has 2 N–H and O–H groups in total. The van der Waals surface area contributed by atoms with Gasteiger partial charge >= 0.3 is 0 Å². The lowest BCUT2D eigenvalue weighted by Crippen LogP contribution is -2.31. The van der Waals surface area contributed by atoms with E-state index in [2.05, 4.69) is 16.8 Å². The van der Waals surface area contributed by atoms with Crippen LogP contribution in [0, 0.1) is 0 Å². The number of aliphatic hydroxyl groups excluding tert-OH is 2. The van der Waals surface area contributed by atoms with Crippen LogP contribution in [0.1, 0.15) is 39.5 Å². The SMILES string of the molecule is CCCN(C(=NC)SCC(O)CC(O)CC(=O)CC)c1ccccc1. The van der Waals surface area contributed by atoms with Crippen molar-refractivity contribution in [3.8, 4) is 0 Å². The number of hydrogen-bond acceptors (Lipinski definition) is 5. The van der Waals surface area contributed by atoms with E-state index in [1.165, 1.54) is 11.8 Å². The van der Waals surface area contributed by atoms with E-state index in [0.29, 0.717) is 12.2 Å². The van der Waals surface area contributed by atoms with Crippen molar-refractivity contribution in [3.05, 3.63) is 30.3 Å². The highest BCUT2D eigenvalue weighted by Gasteiger charge is 2.18. The van der Waals surface area contributed by atoms with Crippen LogP contribution in [0.4, 0.5) is 5.69 Å². The van der Waals surface area contributed by atoms with Crippen LogP contribution in [0.15, 0.2) is 35.3 Å². The summed E-state index contributed by atoms with van der Waals surface area (Å²) < 4.78 is 0. The number of rotatable bonds is 10. The largest absolute Gasteiger partial charge is 0.393 e. The van der Waals surface area contributed by atoms with Gasteiger partial charge in [0.1, 0.15) is 5.78 Å². The number of ketones is 1. The molecule has 6 heteroatoms. The highest BCUT2D eigenvalue weighted by atomic mass is 32.2. The number of carbonyl (C=O) groups is 1.